The molecule has 1 amide bonds. The number of anilines is 1. The minimum Gasteiger partial charge on any atom is -0.380 e. The number of halogens is 1. The van der Waals surface area contributed by atoms with Crippen LogP contribution in [0, 0.1) is 6.92 Å². The molecule has 0 saturated carbocycles. The Balaban J connectivity index is 0.00000242. The first-order chi connectivity index (χ1) is 10.1. The lowest BCUT2D eigenvalue weighted by molar-refractivity contribution is -0.118. The third-order valence-corrected chi connectivity index (χ3v) is 3.03. The van der Waals surface area contributed by atoms with Gasteiger partial charge in [0, 0.05) is 24.9 Å². The zero-order chi connectivity index (χ0) is 15.2. The van der Waals surface area contributed by atoms with Crippen molar-refractivity contribution in [1.29, 1.82) is 0 Å². The van der Waals surface area contributed by atoms with Crippen LogP contribution in [0.25, 0.3) is 11.4 Å². The van der Waals surface area contributed by atoms with Crippen LogP contribution in [0.3, 0.4) is 0 Å². The van der Waals surface area contributed by atoms with Gasteiger partial charge < -0.3 is 15.8 Å². The van der Waals surface area contributed by atoms with Crippen molar-refractivity contribution >= 4 is 24.0 Å². The van der Waals surface area contributed by atoms with E-state index in [4.69, 9.17) is 10.5 Å². The molecule has 1 aromatic carbocycles. The number of nitrogens with one attached hydrogen (secondary N) is 2. The highest BCUT2D eigenvalue weighted by Crippen LogP contribution is 2.18. The predicted octanol–water partition coefficient (Wildman–Crippen LogP) is 1.50. The fourth-order valence-electron chi connectivity index (χ4n) is 1.86. The fourth-order valence-corrected chi connectivity index (χ4v) is 1.86. The Morgan fingerprint density at radius 2 is 2.09 bits per heavy atom. The maximum Gasteiger partial charge on any atom is 0.227 e. The van der Waals surface area contributed by atoms with Crippen LogP contribution in [-0.4, -0.2) is 40.8 Å². The summed E-state index contributed by atoms with van der Waals surface area (Å²) in [6, 6.07) is 7.33. The SMILES string of the molecule is COC(CN)CC(=O)Nc1ccc(-c2n[nH]c(C)n2)cc1.Cl. The molecule has 7 nitrogen and oxygen atoms in total. The zero-order valence-corrected chi connectivity index (χ0v) is 13.3. The molecule has 4 N–H and O–H groups in total. The van der Waals surface area contributed by atoms with Crippen molar-refractivity contribution in [2.24, 2.45) is 5.73 Å². The minimum atomic E-state index is -0.263. The summed E-state index contributed by atoms with van der Waals surface area (Å²) in [4.78, 5) is 16.1. The van der Waals surface area contributed by atoms with Crippen molar-refractivity contribution in [3.8, 4) is 11.4 Å². The van der Waals surface area contributed by atoms with Crippen molar-refractivity contribution in [3.05, 3.63) is 30.1 Å². The molecule has 1 unspecified atom stereocenters. The Bertz CT molecular complexity index is 596. The van der Waals surface area contributed by atoms with Gasteiger partial charge in [0.25, 0.3) is 0 Å². The number of benzene rings is 1. The Kier molecular flexibility index (Phi) is 6.97. The number of aromatic amines is 1. The van der Waals surface area contributed by atoms with Gasteiger partial charge in [-0.2, -0.15) is 5.10 Å². The van der Waals surface area contributed by atoms with E-state index in [1.165, 1.54) is 0 Å². The van der Waals surface area contributed by atoms with Gasteiger partial charge >= 0.3 is 0 Å². The molecule has 1 atom stereocenters. The van der Waals surface area contributed by atoms with Gasteiger partial charge in [-0.1, -0.05) is 0 Å². The van der Waals surface area contributed by atoms with Crippen molar-refractivity contribution in [2.45, 2.75) is 19.4 Å². The molecule has 0 aliphatic carbocycles. The van der Waals surface area contributed by atoms with Crippen LogP contribution in [0.5, 0.6) is 0 Å². The standard InChI is InChI=1S/C14H19N5O2.ClH/c1-9-16-14(19-18-9)10-3-5-11(6-4-10)17-13(20)7-12(8-15)21-2;/h3-6,12H,7-8,15H2,1-2H3,(H,17,20)(H,16,18,19);1H. The second kappa shape index (κ2) is 8.47. The van der Waals surface area contributed by atoms with Crippen molar-refractivity contribution in [1.82, 2.24) is 15.2 Å². The van der Waals surface area contributed by atoms with Gasteiger partial charge in [0.1, 0.15) is 5.82 Å². The molecule has 8 heteroatoms. The summed E-state index contributed by atoms with van der Waals surface area (Å²) in [6.45, 7) is 2.15. The molecule has 120 valence electrons. The molecule has 0 fully saturated rings. The number of carbonyl (C=O) groups excluding carboxylic acids is 1. The van der Waals surface area contributed by atoms with Gasteiger partial charge in [-0.25, -0.2) is 4.98 Å². The van der Waals surface area contributed by atoms with Crippen LogP contribution in [0.4, 0.5) is 5.69 Å². The van der Waals surface area contributed by atoms with Crippen molar-refractivity contribution in [3.63, 3.8) is 0 Å². The van der Waals surface area contributed by atoms with Crippen LogP contribution in [0.1, 0.15) is 12.2 Å². The van der Waals surface area contributed by atoms with E-state index < -0.39 is 0 Å². The number of methoxy groups -OCH3 is 1. The number of rotatable bonds is 6. The summed E-state index contributed by atoms with van der Waals surface area (Å²) < 4.78 is 5.08. The molecule has 2 rings (SSSR count). The molecule has 0 aliphatic rings. The molecule has 0 saturated heterocycles. The lowest BCUT2D eigenvalue weighted by atomic mass is 10.2. The number of amides is 1. The highest BCUT2D eigenvalue weighted by atomic mass is 35.5. The first-order valence-corrected chi connectivity index (χ1v) is 6.64. The summed E-state index contributed by atoms with van der Waals surface area (Å²) in [5, 5.41) is 9.68. The Labute approximate surface area is 135 Å². The maximum atomic E-state index is 11.8. The average molecular weight is 326 g/mol. The number of aryl methyl sites for hydroxylation is 1. The maximum absolute atomic E-state index is 11.8. The lowest BCUT2D eigenvalue weighted by Crippen LogP contribution is -2.28. The summed E-state index contributed by atoms with van der Waals surface area (Å²) in [7, 11) is 1.54. The van der Waals surface area contributed by atoms with Crippen molar-refractivity contribution < 1.29 is 9.53 Å². The first kappa shape index (κ1) is 18.1. The number of ether oxygens (including phenoxy) is 1. The third kappa shape index (κ3) is 4.80. The second-order valence-corrected chi connectivity index (χ2v) is 4.67. The van der Waals surface area contributed by atoms with E-state index in [9.17, 15) is 4.79 Å². The van der Waals surface area contributed by atoms with Gasteiger partial charge in [0.05, 0.1) is 12.5 Å². The van der Waals surface area contributed by atoms with Crippen LogP contribution >= 0.6 is 12.4 Å². The van der Waals surface area contributed by atoms with Crippen LogP contribution < -0.4 is 11.1 Å². The monoisotopic (exact) mass is 325 g/mol. The van der Waals surface area contributed by atoms with Gasteiger partial charge in [-0.05, 0) is 31.2 Å². The summed E-state index contributed by atoms with van der Waals surface area (Å²) in [5.41, 5.74) is 7.08. The number of H-pyrrole nitrogens is 1. The van der Waals surface area contributed by atoms with E-state index in [2.05, 4.69) is 20.5 Å². The normalized spacial score (nSPS) is 11.6. The highest BCUT2D eigenvalue weighted by Gasteiger charge is 2.11. The van der Waals surface area contributed by atoms with Crippen LogP contribution in [0.2, 0.25) is 0 Å². The first-order valence-electron chi connectivity index (χ1n) is 6.64. The number of hydrogen-bond donors (Lipinski definition) is 3. The molecule has 0 aliphatic heterocycles. The average Bonchev–Trinajstić information content (AvgIpc) is 2.92. The topological polar surface area (TPSA) is 106 Å². The molecule has 0 bridgehead atoms. The summed E-state index contributed by atoms with van der Waals surface area (Å²) in [6.07, 6.45) is -0.0324. The smallest absolute Gasteiger partial charge is 0.227 e. The summed E-state index contributed by atoms with van der Waals surface area (Å²) >= 11 is 0. The van der Waals surface area contributed by atoms with Gasteiger partial charge in [0.15, 0.2) is 5.82 Å². The number of nitrogens with zero attached hydrogens (tertiary/aromatic N) is 2. The lowest BCUT2D eigenvalue weighted by Gasteiger charge is -2.12. The van der Waals surface area contributed by atoms with E-state index in [0.29, 0.717) is 18.1 Å². The highest BCUT2D eigenvalue weighted by molar-refractivity contribution is 5.91. The molecule has 1 aromatic heterocycles. The van der Waals surface area contributed by atoms with E-state index >= 15 is 0 Å². The number of carbonyl (C=O) groups is 1. The molecule has 1 heterocycles. The Hall–Kier alpha value is -1.96. The fraction of sp³-hybridized carbons (Fsp3) is 0.357. The molecule has 22 heavy (non-hydrogen) atoms. The van der Waals surface area contributed by atoms with Gasteiger partial charge in [0.2, 0.25) is 5.91 Å². The molecule has 0 spiro atoms. The Morgan fingerprint density at radius 1 is 1.41 bits per heavy atom. The Morgan fingerprint density at radius 3 is 2.59 bits per heavy atom. The molecular formula is C14H20ClN5O2. The summed E-state index contributed by atoms with van der Waals surface area (Å²) in [5.74, 6) is 1.26. The molecule has 0 radical (unpaired) electrons. The molecular weight excluding hydrogens is 306 g/mol. The van der Waals surface area contributed by atoms with E-state index in [-0.39, 0.29) is 30.8 Å². The molecule has 2 aromatic rings. The zero-order valence-electron chi connectivity index (χ0n) is 12.5. The van der Waals surface area contributed by atoms with Gasteiger partial charge in [-0.3, -0.25) is 9.89 Å². The second-order valence-electron chi connectivity index (χ2n) is 4.67. The van der Waals surface area contributed by atoms with Crippen LogP contribution in [-0.2, 0) is 9.53 Å². The van der Waals surface area contributed by atoms with E-state index in [1.807, 2.05) is 31.2 Å². The minimum absolute atomic E-state index is 0. The van der Waals surface area contributed by atoms with Gasteiger partial charge in [-0.15, -0.1) is 12.4 Å². The quantitative estimate of drug-likeness (QED) is 0.746. The van der Waals surface area contributed by atoms with E-state index in [1.54, 1.807) is 7.11 Å². The number of nitrogens with two attached hydrogens (primary N) is 1. The number of aromatic nitrogens is 3. The van der Waals surface area contributed by atoms with E-state index in [0.717, 1.165) is 11.4 Å². The largest absolute Gasteiger partial charge is 0.380 e. The number of hydrogen-bond acceptors (Lipinski definition) is 5. The van der Waals surface area contributed by atoms with Crippen molar-refractivity contribution in [2.75, 3.05) is 19.0 Å². The third-order valence-electron chi connectivity index (χ3n) is 3.03. The predicted molar refractivity (Wildman–Crippen MR) is 86.9 cm³/mol. The van der Waals surface area contributed by atoms with Crippen LogP contribution in [0.15, 0.2) is 24.3 Å².